The lowest BCUT2D eigenvalue weighted by Gasteiger charge is -2.44. The van der Waals surface area contributed by atoms with Crippen LogP contribution in [-0.4, -0.2) is 23.2 Å². The Bertz CT molecular complexity index is 758. The Kier molecular flexibility index (Phi) is 2.64. The van der Waals surface area contributed by atoms with Crippen LogP contribution in [0.25, 0.3) is 10.9 Å². The fraction of sp³-hybridized carbons (Fsp3) is 0.389. The summed E-state index contributed by atoms with van der Waals surface area (Å²) in [6, 6.07) is 8.17. The second-order valence-electron chi connectivity index (χ2n) is 6.18. The molecule has 108 valence electrons. The first-order valence-electron chi connectivity index (χ1n) is 7.53. The van der Waals surface area contributed by atoms with E-state index in [9.17, 15) is 4.79 Å². The monoisotopic (exact) mass is 281 g/mol. The molecule has 1 aromatic carbocycles. The Hall–Kier alpha value is -1.87. The summed E-state index contributed by atoms with van der Waals surface area (Å²) in [7, 11) is 0. The molecule has 0 aliphatic carbocycles. The van der Waals surface area contributed by atoms with Crippen molar-refractivity contribution in [2.75, 3.05) is 6.61 Å². The quantitative estimate of drug-likeness (QED) is 0.749. The third kappa shape index (κ3) is 1.50. The molecular formula is C18H19NO2. The lowest BCUT2D eigenvalue weighted by molar-refractivity contribution is -0.0487. The van der Waals surface area contributed by atoms with Crippen molar-refractivity contribution in [3.05, 3.63) is 48.2 Å². The Morgan fingerprint density at radius 3 is 2.90 bits per heavy atom. The predicted molar refractivity (Wildman–Crippen MR) is 82.6 cm³/mol. The summed E-state index contributed by atoms with van der Waals surface area (Å²) in [5.74, 6) is 0.442. The van der Waals surface area contributed by atoms with E-state index < -0.39 is 0 Å². The maximum Gasteiger partial charge on any atom is 0.237 e. The molecule has 3 heteroatoms. The van der Waals surface area contributed by atoms with Gasteiger partial charge in [-0.3, -0.25) is 9.36 Å². The van der Waals surface area contributed by atoms with Gasteiger partial charge in [0.25, 0.3) is 0 Å². The number of fused-ring (bicyclic) bond motifs is 6. The smallest absolute Gasteiger partial charge is 0.237 e. The number of allylic oxidation sites excluding steroid dienone is 1. The van der Waals surface area contributed by atoms with Crippen LogP contribution in [0, 0.1) is 18.8 Å². The van der Waals surface area contributed by atoms with E-state index in [0.29, 0.717) is 6.61 Å². The van der Waals surface area contributed by atoms with Gasteiger partial charge >= 0.3 is 0 Å². The first-order chi connectivity index (χ1) is 10.1. The van der Waals surface area contributed by atoms with Crippen molar-refractivity contribution in [3.63, 3.8) is 0 Å². The summed E-state index contributed by atoms with van der Waals surface area (Å²) in [5.41, 5.74) is 3.35. The standard InChI is InChI=1S/C18H19NO2/c1-4-12-14-9-21-11(3)16(12)18(20)19-15-8-6-5-7-13(15)10(2)17(14)19/h4-8,11-12,14,16H,1,9H2,2-3H3/t11-,12-,14-,16?/m1/s1. The van der Waals surface area contributed by atoms with Crippen molar-refractivity contribution >= 4 is 16.8 Å². The van der Waals surface area contributed by atoms with Gasteiger partial charge in [0.1, 0.15) is 0 Å². The summed E-state index contributed by atoms with van der Waals surface area (Å²) < 4.78 is 7.82. The second kappa shape index (κ2) is 4.31. The highest BCUT2D eigenvalue weighted by Gasteiger charge is 2.48. The Balaban J connectivity index is 2.07. The molecule has 1 fully saturated rings. The van der Waals surface area contributed by atoms with Gasteiger partial charge in [0.05, 0.1) is 24.1 Å². The zero-order valence-electron chi connectivity index (χ0n) is 12.4. The molecule has 0 radical (unpaired) electrons. The molecule has 2 aliphatic heterocycles. The van der Waals surface area contributed by atoms with E-state index in [-0.39, 0.29) is 29.8 Å². The third-order valence-corrected chi connectivity index (χ3v) is 5.23. The van der Waals surface area contributed by atoms with Crippen molar-refractivity contribution in [2.24, 2.45) is 11.8 Å². The topological polar surface area (TPSA) is 31.2 Å². The molecular weight excluding hydrogens is 262 g/mol. The molecule has 2 aliphatic rings. The van der Waals surface area contributed by atoms with E-state index >= 15 is 0 Å². The number of rotatable bonds is 1. The number of carbonyl (C=O) groups excluding carboxylic acids is 1. The van der Waals surface area contributed by atoms with Gasteiger partial charge in [0.2, 0.25) is 5.91 Å². The summed E-state index contributed by atoms with van der Waals surface area (Å²) >= 11 is 0. The number of para-hydroxylation sites is 1. The van der Waals surface area contributed by atoms with E-state index in [1.807, 2.05) is 35.8 Å². The molecule has 21 heavy (non-hydrogen) atoms. The minimum Gasteiger partial charge on any atom is -0.377 e. The molecule has 4 atom stereocenters. The van der Waals surface area contributed by atoms with Crippen LogP contribution in [0.5, 0.6) is 0 Å². The van der Waals surface area contributed by atoms with Crippen molar-refractivity contribution in [3.8, 4) is 0 Å². The van der Waals surface area contributed by atoms with Gasteiger partial charge in [-0.25, -0.2) is 0 Å². The summed E-state index contributed by atoms with van der Waals surface area (Å²) in [5, 5.41) is 1.17. The van der Waals surface area contributed by atoms with Crippen LogP contribution in [0.15, 0.2) is 36.9 Å². The molecule has 0 amide bonds. The fourth-order valence-corrected chi connectivity index (χ4v) is 4.22. The zero-order valence-corrected chi connectivity index (χ0v) is 12.4. The van der Waals surface area contributed by atoms with E-state index in [4.69, 9.17) is 4.74 Å². The number of hydrogen-bond donors (Lipinski definition) is 0. The lowest BCUT2D eigenvalue weighted by atomic mass is 9.72. The molecule has 0 saturated carbocycles. The number of aryl methyl sites for hydroxylation is 1. The minimum absolute atomic E-state index is 0.0497. The fourth-order valence-electron chi connectivity index (χ4n) is 4.22. The van der Waals surface area contributed by atoms with Crippen LogP contribution in [0.2, 0.25) is 0 Å². The Labute approximate surface area is 124 Å². The normalized spacial score (nSPS) is 31.2. The molecule has 0 N–H and O–H groups in total. The summed E-state index contributed by atoms with van der Waals surface area (Å²) in [6.07, 6.45) is 1.90. The zero-order chi connectivity index (χ0) is 14.7. The van der Waals surface area contributed by atoms with Gasteiger partial charge in [-0.05, 0) is 25.5 Å². The highest BCUT2D eigenvalue weighted by atomic mass is 16.5. The van der Waals surface area contributed by atoms with E-state index in [1.54, 1.807) is 0 Å². The van der Waals surface area contributed by atoms with Crippen molar-refractivity contribution < 1.29 is 9.53 Å². The van der Waals surface area contributed by atoms with Crippen molar-refractivity contribution in [1.29, 1.82) is 0 Å². The number of benzene rings is 1. The molecule has 1 saturated heterocycles. The average molecular weight is 281 g/mol. The van der Waals surface area contributed by atoms with Crippen LogP contribution in [0.3, 0.4) is 0 Å². The van der Waals surface area contributed by atoms with Crippen LogP contribution in [-0.2, 0) is 4.74 Å². The first kappa shape index (κ1) is 12.8. The molecule has 4 rings (SSSR count). The van der Waals surface area contributed by atoms with Crippen LogP contribution >= 0.6 is 0 Å². The van der Waals surface area contributed by atoms with Crippen molar-refractivity contribution in [2.45, 2.75) is 25.9 Å². The molecule has 3 heterocycles. The minimum atomic E-state index is -0.121. The highest BCUT2D eigenvalue weighted by molar-refractivity contribution is 5.98. The highest BCUT2D eigenvalue weighted by Crippen LogP contribution is 2.47. The molecule has 2 aromatic rings. The molecule has 1 unspecified atom stereocenters. The molecule has 3 nitrogen and oxygen atoms in total. The van der Waals surface area contributed by atoms with Crippen LogP contribution in [0.4, 0.5) is 0 Å². The lowest BCUT2D eigenvalue weighted by Crippen LogP contribution is -2.49. The van der Waals surface area contributed by atoms with E-state index in [1.165, 1.54) is 10.9 Å². The Morgan fingerprint density at radius 2 is 2.14 bits per heavy atom. The van der Waals surface area contributed by atoms with Gasteiger partial charge in [-0.2, -0.15) is 0 Å². The van der Waals surface area contributed by atoms with Gasteiger partial charge in [0.15, 0.2) is 0 Å². The number of nitrogens with zero attached hydrogens (tertiary/aromatic N) is 1. The van der Waals surface area contributed by atoms with Gasteiger partial charge in [-0.15, -0.1) is 6.58 Å². The van der Waals surface area contributed by atoms with Crippen LogP contribution < -0.4 is 0 Å². The molecule has 0 spiro atoms. The van der Waals surface area contributed by atoms with Gasteiger partial charge < -0.3 is 4.74 Å². The first-order valence-corrected chi connectivity index (χ1v) is 7.53. The van der Waals surface area contributed by atoms with E-state index in [0.717, 1.165) is 11.2 Å². The molecule has 2 bridgehead atoms. The second-order valence-corrected chi connectivity index (χ2v) is 6.18. The van der Waals surface area contributed by atoms with Crippen molar-refractivity contribution in [1.82, 2.24) is 4.57 Å². The van der Waals surface area contributed by atoms with Crippen LogP contribution in [0.1, 0.15) is 28.9 Å². The van der Waals surface area contributed by atoms with E-state index in [2.05, 4.69) is 19.6 Å². The predicted octanol–water partition coefficient (Wildman–Crippen LogP) is 3.52. The summed E-state index contributed by atoms with van der Waals surface area (Å²) in [4.78, 5) is 13.1. The average Bonchev–Trinajstić information content (AvgIpc) is 2.80. The number of ether oxygens (including phenoxy) is 1. The third-order valence-electron chi connectivity index (χ3n) is 5.23. The van der Waals surface area contributed by atoms with Gasteiger partial charge in [0, 0.05) is 22.9 Å². The largest absolute Gasteiger partial charge is 0.377 e. The summed E-state index contributed by atoms with van der Waals surface area (Å²) in [6.45, 7) is 8.75. The number of hydrogen-bond acceptors (Lipinski definition) is 2. The Morgan fingerprint density at radius 1 is 1.38 bits per heavy atom. The number of aromatic nitrogens is 1. The van der Waals surface area contributed by atoms with Gasteiger partial charge in [-0.1, -0.05) is 24.3 Å². The molecule has 1 aromatic heterocycles. The SMILES string of the molecule is C=C[C@H]1C2C(=O)n3c(c(C)c4ccccc43)[C@@H]1CO[C@@H]2C. The maximum atomic E-state index is 13.1. The maximum absolute atomic E-state index is 13.1. The number of carbonyl (C=O) groups is 1.